The summed E-state index contributed by atoms with van der Waals surface area (Å²) in [6.45, 7) is 2.00. The Bertz CT molecular complexity index is 1350. The molecule has 0 spiro atoms. The van der Waals surface area contributed by atoms with E-state index in [4.69, 9.17) is 4.42 Å². The first-order chi connectivity index (χ1) is 14.7. The van der Waals surface area contributed by atoms with E-state index in [-0.39, 0.29) is 11.7 Å². The highest BCUT2D eigenvalue weighted by molar-refractivity contribution is 5.91. The van der Waals surface area contributed by atoms with E-state index in [1.807, 2.05) is 55.5 Å². The van der Waals surface area contributed by atoms with Crippen molar-refractivity contribution in [1.29, 1.82) is 0 Å². The molecule has 0 radical (unpaired) electrons. The summed E-state index contributed by atoms with van der Waals surface area (Å²) in [5.41, 5.74) is 3.36. The fourth-order valence-electron chi connectivity index (χ4n) is 3.15. The lowest BCUT2D eigenvalue weighted by atomic mass is 10.1. The van der Waals surface area contributed by atoms with Crippen molar-refractivity contribution in [1.82, 2.24) is 20.2 Å². The molecule has 146 valence electrons. The third kappa shape index (κ3) is 3.48. The summed E-state index contributed by atoms with van der Waals surface area (Å²) in [4.78, 5) is 9.18. The minimum Gasteiger partial charge on any atom is -0.413 e. The highest BCUT2D eigenvalue weighted by Gasteiger charge is 2.16. The zero-order valence-corrected chi connectivity index (χ0v) is 16.0. The molecule has 5 rings (SSSR count). The summed E-state index contributed by atoms with van der Waals surface area (Å²) >= 11 is 0. The Morgan fingerprint density at radius 2 is 1.63 bits per heavy atom. The van der Waals surface area contributed by atoms with E-state index in [9.17, 15) is 4.39 Å². The van der Waals surface area contributed by atoms with E-state index in [2.05, 4.69) is 25.5 Å². The largest absolute Gasteiger partial charge is 0.413 e. The molecule has 3 aromatic carbocycles. The second-order valence-corrected chi connectivity index (χ2v) is 6.83. The predicted octanol–water partition coefficient (Wildman–Crippen LogP) is 5.54. The maximum absolute atomic E-state index is 13.3. The van der Waals surface area contributed by atoms with Crippen molar-refractivity contribution < 1.29 is 8.81 Å². The van der Waals surface area contributed by atoms with Crippen LogP contribution in [0.2, 0.25) is 0 Å². The van der Waals surface area contributed by atoms with Gasteiger partial charge < -0.3 is 9.73 Å². The summed E-state index contributed by atoms with van der Waals surface area (Å²) < 4.78 is 19.1. The monoisotopic (exact) mass is 397 g/mol. The number of benzene rings is 3. The fourth-order valence-corrected chi connectivity index (χ4v) is 3.15. The van der Waals surface area contributed by atoms with Crippen molar-refractivity contribution in [2.45, 2.75) is 6.92 Å². The third-order valence-electron chi connectivity index (χ3n) is 4.59. The van der Waals surface area contributed by atoms with Gasteiger partial charge in [-0.2, -0.15) is 0 Å². The smallest absolute Gasteiger partial charge is 0.286 e. The van der Waals surface area contributed by atoms with Crippen molar-refractivity contribution in [3.05, 3.63) is 84.2 Å². The Labute approximate surface area is 171 Å². The molecule has 2 heterocycles. The molecule has 0 saturated heterocycles. The molecule has 2 aromatic heterocycles. The van der Waals surface area contributed by atoms with E-state index >= 15 is 0 Å². The average Bonchev–Trinajstić information content (AvgIpc) is 3.26. The Morgan fingerprint density at radius 3 is 2.47 bits per heavy atom. The molecule has 7 heteroatoms. The van der Waals surface area contributed by atoms with Gasteiger partial charge in [0.2, 0.25) is 11.7 Å². The number of para-hydroxylation sites is 1. The van der Waals surface area contributed by atoms with Gasteiger partial charge in [-0.25, -0.2) is 14.4 Å². The van der Waals surface area contributed by atoms with Crippen LogP contribution >= 0.6 is 0 Å². The topological polar surface area (TPSA) is 76.7 Å². The molecule has 0 atom stereocenters. The second-order valence-electron chi connectivity index (χ2n) is 6.83. The molecule has 30 heavy (non-hydrogen) atoms. The van der Waals surface area contributed by atoms with Crippen molar-refractivity contribution >= 4 is 22.4 Å². The Hall–Kier alpha value is -4.13. The molecule has 0 unspecified atom stereocenters. The van der Waals surface area contributed by atoms with Gasteiger partial charge in [-0.1, -0.05) is 29.8 Å². The summed E-state index contributed by atoms with van der Waals surface area (Å²) in [5.74, 6) is 1.20. The fraction of sp³-hybridized carbons (Fsp3) is 0.0435. The molecule has 0 aliphatic carbocycles. The van der Waals surface area contributed by atoms with Gasteiger partial charge in [-0.15, -0.1) is 10.2 Å². The van der Waals surface area contributed by atoms with Gasteiger partial charge in [0.05, 0.1) is 5.52 Å². The first-order valence-electron chi connectivity index (χ1n) is 9.36. The average molecular weight is 397 g/mol. The summed E-state index contributed by atoms with van der Waals surface area (Å²) in [6, 6.07) is 21.5. The first-order valence-corrected chi connectivity index (χ1v) is 9.36. The summed E-state index contributed by atoms with van der Waals surface area (Å²) in [7, 11) is 0. The quantitative estimate of drug-likeness (QED) is 0.429. The summed E-state index contributed by atoms with van der Waals surface area (Å²) in [5, 5.41) is 12.3. The van der Waals surface area contributed by atoms with Crippen LogP contribution < -0.4 is 5.32 Å². The van der Waals surface area contributed by atoms with E-state index < -0.39 is 0 Å². The van der Waals surface area contributed by atoms with E-state index in [0.29, 0.717) is 23.2 Å². The van der Waals surface area contributed by atoms with Gasteiger partial charge in [-0.05, 0) is 55.5 Å². The maximum atomic E-state index is 13.3. The normalized spacial score (nSPS) is 11.0. The molecular weight excluding hydrogens is 381 g/mol. The van der Waals surface area contributed by atoms with Gasteiger partial charge in [-0.3, -0.25) is 0 Å². The molecule has 0 bridgehead atoms. The lowest BCUT2D eigenvalue weighted by Crippen LogP contribution is -1.99. The number of anilines is 2. The van der Waals surface area contributed by atoms with Crippen LogP contribution in [0.5, 0.6) is 0 Å². The van der Waals surface area contributed by atoms with Crippen LogP contribution in [-0.2, 0) is 0 Å². The molecule has 5 aromatic rings. The number of nitrogens with zero attached hydrogens (tertiary/aromatic N) is 4. The van der Waals surface area contributed by atoms with Gasteiger partial charge in [0.25, 0.3) is 5.89 Å². The molecule has 0 saturated carbocycles. The van der Waals surface area contributed by atoms with E-state index in [1.54, 1.807) is 12.1 Å². The minimum absolute atomic E-state index is 0.222. The SMILES string of the molecule is Cc1cccc(-c2nnc(-c3nc(Nc4ccc(F)cc4)c4ccccc4n3)o2)c1. The highest BCUT2D eigenvalue weighted by Crippen LogP contribution is 2.28. The van der Waals surface area contributed by atoms with Gasteiger partial charge in [0.15, 0.2) is 0 Å². The number of halogens is 1. The van der Waals surface area contributed by atoms with Crippen LogP contribution in [0.15, 0.2) is 77.2 Å². The molecule has 6 nitrogen and oxygen atoms in total. The second kappa shape index (κ2) is 7.36. The lowest BCUT2D eigenvalue weighted by Gasteiger charge is -2.09. The van der Waals surface area contributed by atoms with Gasteiger partial charge in [0, 0.05) is 16.6 Å². The van der Waals surface area contributed by atoms with Crippen LogP contribution in [0.4, 0.5) is 15.9 Å². The number of hydrogen-bond donors (Lipinski definition) is 1. The number of rotatable bonds is 4. The number of fused-ring (bicyclic) bond motifs is 1. The third-order valence-corrected chi connectivity index (χ3v) is 4.59. The maximum Gasteiger partial charge on any atom is 0.286 e. The lowest BCUT2D eigenvalue weighted by molar-refractivity contribution is 0.579. The van der Waals surface area contributed by atoms with Crippen molar-refractivity contribution in [3.63, 3.8) is 0 Å². The van der Waals surface area contributed by atoms with Crippen LogP contribution in [0.25, 0.3) is 34.1 Å². The molecular formula is C23H16FN5O. The number of hydrogen-bond acceptors (Lipinski definition) is 6. The van der Waals surface area contributed by atoms with Crippen molar-refractivity contribution in [3.8, 4) is 23.2 Å². The predicted molar refractivity (Wildman–Crippen MR) is 113 cm³/mol. The number of aryl methyl sites for hydroxylation is 1. The van der Waals surface area contributed by atoms with Gasteiger partial charge >= 0.3 is 0 Å². The minimum atomic E-state index is -0.302. The Balaban J connectivity index is 1.57. The van der Waals surface area contributed by atoms with Crippen molar-refractivity contribution in [2.75, 3.05) is 5.32 Å². The number of nitrogens with one attached hydrogen (secondary N) is 1. The standard InChI is InChI=1S/C23H16FN5O/c1-14-5-4-6-15(13-14)22-28-29-23(30-22)21-26-19-8-3-2-7-18(19)20(27-21)25-17-11-9-16(24)10-12-17/h2-13H,1H3,(H,25,26,27). The molecule has 0 aliphatic rings. The summed E-state index contributed by atoms with van der Waals surface area (Å²) in [6.07, 6.45) is 0. The molecule has 0 amide bonds. The van der Waals surface area contributed by atoms with Crippen molar-refractivity contribution in [2.24, 2.45) is 0 Å². The molecule has 0 aliphatic heterocycles. The zero-order valence-electron chi connectivity index (χ0n) is 16.0. The molecule has 0 fully saturated rings. The van der Waals surface area contributed by atoms with Crippen LogP contribution in [0, 0.1) is 12.7 Å². The molecule has 1 N–H and O–H groups in total. The Morgan fingerprint density at radius 1 is 0.833 bits per heavy atom. The van der Waals surface area contributed by atoms with E-state index in [1.165, 1.54) is 12.1 Å². The van der Waals surface area contributed by atoms with Crippen LogP contribution in [0.1, 0.15) is 5.56 Å². The van der Waals surface area contributed by atoms with E-state index in [0.717, 1.165) is 22.0 Å². The highest BCUT2D eigenvalue weighted by atomic mass is 19.1. The van der Waals surface area contributed by atoms with Crippen LogP contribution in [0.3, 0.4) is 0 Å². The number of aromatic nitrogens is 4. The van der Waals surface area contributed by atoms with Gasteiger partial charge in [0.1, 0.15) is 11.6 Å². The zero-order chi connectivity index (χ0) is 20.5. The first kappa shape index (κ1) is 17.9. The Kier molecular flexibility index (Phi) is 4.40. The van der Waals surface area contributed by atoms with Crippen LogP contribution in [-0.4, -0.2) is 20.2 Å².